The van der Waals surface area contributed by atoms with Crippen LogP contribution in [0.4, 0.5) is 0 Å². The third-order valence-electron chi connectivity index (χ3n) is 3.38. The Balaban J connectivity index is 1.61. The van der Waals surface area contributed by atoms with Gasteiger partial charge in [0.2, 0.25) is 0 Å². The number of hydrogen-bond acceptors (Lipinski definition) is 2. The van der Waals surface area contributed by atoms with Crippen molar-refractivity contribution in [3.8, 4) is 0 Å². The Bertz CT molecular complexity index is 156. The van der Waals surface area contributed by atoms with Crippen LogP contribution in [0.3, 0.4) is 0 Å². The number of hydrogen-bond donors (Lipinski definition) is 1. The van der Waals surface area contributed by atoms with Gasteiger partial charge >= 0.3 is 0 Å². The molecule has 2 aliphatic rings. The van der Waals surface area contributed by atoms with Crippen LogP contribution in [-0.4, -0.2) is 25.8 Å². The van der Waals surface area contributed by atoms with E-state index in [9.17, 15) is 0 Å². The van der Waals surface area contributed by atoms with Crippen molar-refractivity contribution >= 4 is 0 Å². The molecule has 2 nitrogen and oxygen atoms in total. The molecule has 2 unspecified atom stereocenters. The van der Waals surface area contributed by atoms with Crippen LogP contribution in [0.2, 0.25) is 0 Å². The van der Waals surface area contributed by atoms with Crippen LogP contribution in [-0.2, 0) is 4.74 Å². The molecule has 2 atom stereocenters. The second-order valence-corrected chi connectivity index (χ2v) is 4.47. The molecular formula is C11H21NO. The fourth-order valence-electron chi connectivity index (χ4n) is 2.25. The Morgan fingerprint density at radius 1 is 1.23 bits per heavy atom. The summed E-state index contributed by atoms with van der Waals surface area (Å²) in [6, 6.07) is 0.624. The lowest BCUT2D eigenvalue weighted by Crippen LogP contribution is -2.34. The summed E-state index contributed by atoms with van der Waals surface area (Å²) in [6.07, 6.45) is 8.59. The SMILES string of the molecule is CNC1CCCC1OCCC1CC1. The first-order chi connectivity index (χ1) is 6.40. The molecule has 0 spiro atoms. The molecule has 0 heterocycles. The fraction of sp³-hybridized carbons (Fsp3) is 1.00. The lowest BCUT2D eigenvalue weighted by atomic mass is 10.2. The first kappa shape index (κ1) is 9.47. The van der Waals surface area contributed by atoms with E-state index in [0.717, 1.165) is 12.5 Å². The van der Waals surface area contributed by atoms with E-state index in [4.69, 9.17) is 4.74 Å². The van der Waals surface area contributed by atoms with Crippen molar-refractivity contribution in [3.63, 3.8) is 0 Å². The summed E-state index contributed by atoms with van der Waals surface area (Å²) < 4.78 is 5.89. The smallest absolute Gasteiger partial charge is 0.0727 e. The third kappa shape index (κ3) is 2.68. The van der Waals surface area contributed by atoms with E-state index in [-0.39, 0.29) is 0 Å². The molecule has 2 rings (SSSR count). The van der Waals surface area contributed by atoms with Gasteiger partial charge in [-0.25, -0.2) is 0 Å². The molecule has 13 heavy (non-hydrogen) atoms. The van der Waals surface area contributed by atoms with Crippen molar-refractivity contribution in [1.29, 1.82) is 0 Å². The second-order valence-electron chi connectivity index (χ2n) is 4.47. The van der Waals surface area contributed by atoms with Gasteiger partial charge in [-0.2, -0.15) is 0 Å². The van der Waals surface area contributed by atoms with Gasteiger partial charge in [-0.05, 0) is 38.6 Å². The minimum atomic E-state index is 0.503. The highest BCUT2D eigenvalue weighted by atomic mass is 16.5. The lowest BCUT2D eigenvalue weighted by Gasteiger charge is -2.19. The Morgan fingerprint density at radius 3 is 2.77 bits per heavy atom. The van der Waals surface area contributed by atoms with Gasteiger partial charge in [0.25, 0.3) is 0 Å². The van der Waals surface area contributed by atoms with Crippen LogP contribution in [0, 0.1) is 5.92 Å². The molecule has 76 valence electrons. The number of ether oxygens (including phenoxy) is 1. The maximum absolute atomic E-state index is 5.89. The highest BCUT2D eigenvalue weighted by molar-refractivity contribution is 4.83. The molecule has 0 aromatic rings. The summed E-state index contributed by atoms with van der Waals surface area (Å²) in [4.78, 5) is 0. The van der Waals surface area contributed by atoms with Crippen molar-refractivity contribution in [2.75, 3.05) is 13.7 Å². The van der Waals surface area contributed by atoms with Gasteiger partial charge in [0, 0.05) is 12.6 Å². The largest absolute Gasteiger partial charge is 0.377 e. The molecule has 0 aromatic heterocycles. The zero-order valence-corrected chi connectivity index (χ0v) is 8.59. The molecule has 0 radical (unpaired) electrons. The first-order valence-electron chi connectivity index (χ1n) is 5.69. The Kier molecular flexibility index (Phi) is 3.23. The van der Waals surface area contributed by atoms with Crippen LogP contribution >= 0.6 is 0 Å². The normalized spacial score (nSPS) is 33.9. The van der Waals surface area contributed by atoms with E-state index in [1.807, 2.05) is 7.05 Å². The maximum Gasteiger partial charge on any atom is 0.0727 e. The zero-order valence-electron chi connectivity index (χ0n) is 8.59. The van der Waals surface area contributed by atoms with Gasteiger partial charge in [-0.3, -0.25) is 0 Å². The average Bonchev–Trinajstić information content (AvgIpc) is 2.84. The molecule has 0 bridgehead atoms. The standard InChI is InChI=1S/C11H21NO/c1-12-10-3-2-4-11(10)13-8-7-9-5-6-9/h9-12H,2-8H2,1H3. The van der Waals surface area contributed by atoms with Crippen LogP contribution in [0.15, 0.2) is 0 Å². The molecule has 0 amide bonds. The summed E-state index contributed by atoms with van der Waals surface area (Å²) in [6.45, 7) is 0.994. The molecule has 0 aliphatic heterocycles. The third-order valence-corrected chi connectivity index (χ3v) is 3.38. The number of rotatable bonds is 5. The summed E-state index contributed by atoms with van der Waals surface area (Å²) in [5.41, 5.74) is 0. The van der Waals surface area contributed by atoms with Crippen LogP contribution < -0.4 is 5.32 Å². The molecule has 2 saturated carbocycles. The molecule has 0 aromatic carbocycles. The van der Waals surface area contributed by atoms with Crippen molar-refractivity contribution in [1.82, 2.24) is 5.32 Å². The first-order valence-corrected chi connectivity index (χ1v) is 5.69. The monoisotopic (exact) mass is 183 g/mol. The van der Waals surface area contributed by atoms with Crippen LogP contribution in [0.25, 0.3) is 0 Å². The van der Waals surface area contributed by atoms with E-state index in [2.05, 4.69) is 5.32 Å². The summed E-state index contributed by atoms with van der Waals surface area (Å²) in [7, 11) is 2.05. The summed E-state index contributed by atoms with van der Waals surface area (Å²) in [5, 5.41) is 3.34. The summed E-state index contributed by atoms with van der Waals surface area (Å²) >= 11 is 0. The Labute approximate surface area is 81.0 Å². The van der Waals surface area contributed by atoms with Crippen LogP contribution in [0.1, 0.15) is 38.5 Å². The van der Waals surface area contributed by atoms with Gasteiger partial charge in [-0.1, -0.05) is 12.8 Å². The van der Waals surface area contributed by atoms with Crippen molar-refractivity contribution in [3.05, 3.63) is 0 Å². The fourth-order valence-corrected chi connectivity index (χ4v) is 2.25. The molecule has 1 N–H and O–H groups in total. The predicted molar refractivity (Wildman–Crippen MR) is 53.8 cm³/mol. The molecular weight excluding hydrogens is 162 g/mol. The van der Waals surface area contributed by atoms with Gasteiger partial charge in [-0.15, -0.1) is 0 Å². The number of likely N-dealkylation sites (N-methyl/N-ethyl adjacent to an activating group) is 1. The number of nitrogens with one attached hydrogen (secondary N) is 1. The van der Waals surface area contributed by atoms with E-state index < -0.39 is 0 Å². The minimum Gasteiger partial charge on any atom is -0.377 e. The topological polar surface area (TPSA) is 21.3 Å². The highest BCUT2D eigenvalue weighted by Crippen LogP contribution is 2.32. The molecule has 2 heteroatoms. The molecule has 2 aliphatic carbocycles. The Morgan fingerprint density at radius 2 is 2.08 bits per heavy atom. The Hall–Kier alpha value is -0.0800. The molecule has 2 fully saturated rings. The van der Waals surface area contributed by atoms with Crippen molar-refractivity contribution in [2.45, 2.75) is 50.7 Å². The zero-order chi connectivity index (χ0) is 9.10. The van der Waals surface area contributed by atoms with E-state index >= 15 is 0 Å². The predicted octanol–water partition coefficient (Wildman–Crippen LogP) is 1.94. The lowest BCUT2D eigenvalue weighted by molar-refractivity contribution is 0.0381. The van der Waals surface area contributed by atoms with Crippen molar-refractivity contribution in [2.24, 2.45) is 5.92 Å². The average molecular weight is 183 g/mol. The molecule has 0 saturated heterocycles. The van der Waals surface area contributed by atoms with Gasteiger partial charge in [0.1, 0.15) is 0 Å². The van der Waals surface area contributed by atoms with Gasteiger partial charge in [0.15, 0.2) is 0 Å². The quantitative estimate of drug-likeness (QED) is 0.703. The maximum atomic E-state index is 5.89. The van der Waals surface area contributed by atoms with Crippen LogP contribution in [0.5, 0.6) is 0 Å². The van der Waals surface area contributed by atoms with E-state index in [1.54, 1.807) is 0 Å². The highest BCUT2D eigenvalue weighted by Gasteiger charge is 2.27. The van der Waals surface area contributed by atoms with E-state index in [0.29, 0.717) is 12.1 Å². The van der Waals surface area contributed by atoms with Gasteiger partial charge < -0.3 is 10.1 Å². The van der Waals surface area contributed by atoms with E-state index in [1.165, 1.54) is 38.5 Å². The second kappa shape index (κ2) is 4.43. The summed E-state index contributed by atoms with van der Waals surface area (Å²) in [5.74, 6) is 1.01. The van der Waals surface area contributed by atoms with Gasteiger partial charge in [0.05, 0.1) is 6.10 Å². The minimum absolute atomic E-state index is 0.503. The van der Waals surface area contributed by atoms with Crippen molar-refractivity contribution < 1.29 is 4.74 Å².